The fraction of sp³-hybridized carbons (Fsp3) is 0.235. The van der Waals surface area contributed by atoms with Crippen molar-refractivity contribution in [3.63, 3.8) is 0 Å². The molecule has 0 bridgehead atoms. The van der Waals surface area contributed by atoms with Gasteiger partial charge >= 0.3 is 0 Å². The van der Waals surface area contributed by atoms with E-state index in [-0.39, 0.29) is 0 Å². The molecule has 3 aromatic rings. The summed E-state index contributed by atoms with van der Waals surface area (Å²) in [5, 5.41) is 0. The Balaban J connectivity index is 2.10. The van der Waals surface area contributed by atoms with Gasteiger partial charge in [-0.1, -0.05) is 19.1 Å². The molecule has 0 aliphatic rings. The molecule has 1 aromatic heterocycles. The van der Waals surface area contributed by atoms with Crippen molar-refractivity contribution >= 4 is 11.0 Å². The van der Waals surface area contributed by atoms with E-state index in [9.17, 15) is 0 Å². The molecular weight excluding hydrogens is 264 g/mol. The number of rotatable bonds is 5. The second-order valence-electron chi connectivity index (χ2n) is 4.78. The Labute approximate surface area is 123 Å². The maximum Gasteiger partial charge on any atom is 0.176 e. The molecule has 0 radical (unpaired) electrons. The SMILES string of the molecule is CCCOn1c(-c2ccc(OC)cc2)nc2ccccc21. The molecule has 2 aromatic carbocycles. The molecule has 0 aliphatic heterocycles. The average molecular weight is 282 g/mol. The summed E-state index contributed by atoms with van der Waals surface area (Å²) in [6, 6.07) is 15.8. The Hall–Kier alpha value is -2.49. The molecule has 3 rings (SSSR count). The number of benzene rings is 2. The van der Waals surface area contributed by atoms with E-state index < -0.39 is 0 Å². The van der Waals surface area contributed by atoms with E-state index >= 15 is 0 Å². The molecule has 4 nitrogen and oxygen atoms in total. The second-order valence-corrected chi connectivity index (χ2v) is 4.78. The summed E-state index contributed by atoms with van der Waals surface area (Å²) in [6.07, 6.45) is 0.953. The highest BCUT2D eigenvalue weighted by Gasteiger charge is 2.13. The van der Waals surface area contributed by atoms with E-state index in [0.717, 1.165) is 34.6 Å². The molecule has 1 heterocycles. The number of hydrogen-bond donors (Lipinski definition) is 0. The fourth-order valence-corrected chi connectivity index (χ4v) is 2.24. The van der Waals surface area contributed by atoms with Gasteiger partial charge in [-0.05, 0) is 42.8 Å². The summed E-state index contributed by atoms with van der Waals surface area (Å²) in [6.45, 7) is 2.75. The Bertz CT molecular complexity index is 732. The predicted molar refractivity (Wildman–Crippen MR) is 83.5 cm³/mol. The highest BCUT2D eigenvalue weighted by molar-refractivity contribution is 5.80. The van der Waals surface area contributed by atoms with Crippen LogP contribution < -0.4 is 9.57 Å². The lowest BCUT2D eigenvalue weighted by Crippen LogP contribution is -2.13. The average Bonchev–Trinajstić information content (AvgIpc) is 2.91. The molecule has 0 spiro atoms. The molecule has 0 aliphatic carbocycles. The van der Waals surface area contributed by atoms with Gasteiger partial charge in [-0.15, -0.1) is 0 Å². The lowest BCUT2D eigenvalue weighted by atomic mass is 10.2. The molecule has 0 unspecified atom stereocenters. The summed E-state index contributed by atoms with van der Waals surface area (Å²) in [4.78, 5) is 10.6. The summed E-state index contributed by atoms with van der Waals surface area (Å²) < 4.78 is 7.02. The van der Waals surface area contributed by atoms with Crippen molar-refractivity contribution in [3.05, 3.63) is 48.5 Å². The zero-order valence-electron chi connectivity index (χ0n) is 12.2. The molecule has 0 atom stereocenters. The van der Waals surface area contributed by atoms with Crippen LogP contribution in [0.4, 0.5) is 0 Å². The molecule has 21 heavy (non-hydrogen) atoms. The van der Waals surface area contributed by atoms with Crippen LogP contribution in [0.25, 0.3) is 22.4 Å². The van der Waals surface area contributed by atoms with E-state index in [0.29, 0.717) is 6.61 Å². The van der Waals surface area contributed by atoms with Gasteiger partial charge in [0, 0.05) is 5.56 Å². The van der Waals surface area contributed by atoms with Crippen molar-refractivity contribution in [1.29, 1.82) is 0 Å². The third kappa shape index (κ3) is 2.57. The van der Waals surface area contributed by atoms with Crippen LogP contribution in [-0.2, 0) is 0 Å². The van der Waals surface area contributed by atoms with Crippen LogP contribution in [0.1, 0.15) is 13.3 Å². The van der Waals surface area contributed by atoms with Gasteiger partial charge in [-0.2, -0.15) is 4.73 Å². The molecule has 4 heteroatoms. The highest BCUT2D eigenvalue weighted by Crippen LogP contribution is 2.25. The van der Waals surface area contributed by atoms with Crippen LogP contribution >= 0.6 is 0 Å². The lowest BCUT2D eigenvalue weighted by molar-refractivity contribution is 0.123. The Morgan fingerprint density at radius 2 is 1.81 bits per heavy atom. The van der Waals surface area contributed by atoms with Crippen molar-refractivity contribution in [2.24, 2.45) is 0 Å². The largest absolute Gasteiger partial charge is 0.497 e. The molecule has 0 N–H and O–H groups in total. The minimum atomic E-state index is 0.656. The molecule has 108 valence electrons. The van der Waals surface area contributed by atoms with Crippen LogP contribution in [0.15, 0.2) is 48.5 Å². The maximum atomic E-state index is 5.87. The monoisotopic (exact) mass is 282 g/mol. The second kappa shape index (κ2) is 5.87. The van der Waals surface area contributed by atoms with Gasteiger partial charge in [-0.3, -0.25) is 0 Å². The zero-order valence-corrected chi connectivity index (χ0v) is 12.2. The van der Waals surface area contributed by atoms with Gasteiger partial charge in [0.15, 0.2) is 5.82 Å². The number of hydrogen-bond acceptors (Lipinski definition) is 3. The molecule has 0 saturated heterocycles. The highest BCUT2D eigenvalue weighted by atomic mass is 16.7. The van der Waals surface area contributed by atoms with Crippen LogP contribution in [0.5, 0.6) is 5.75 Å². The predicted octanol–water partition coefficient (Wildman–Crippen LogP) is 3.55. The maximum absolute atomic E-state index is 5.87. The van der Waals surface area contributed by atoms with Crippen molar-refractivity contribution in [2.45, 2.75) is 13.3 Å². The minimum absolute atomic E-state index is 0.656. The Morgan fingerprint density at radius 1 is 1.05 bits per heavy atom. The summed E-state index contributed by atoms with van der Waals surface area (Å²) >= 11 is 0. The van der Waals surface area contributed by atoms with Crippen molar-refractivity contribution in [2.75, 3.05) is 13.7 Å². The summed E-state index contributed by atoms with van der Waals surface area (Å²) in [7, 11) is 1.66. The molecule has 0 fully saturated rings. The van der Waals surface area contributed by atoms with Crippen molar-refractivity contribution in [3.8, 4) is 17.1 Å². The summed E-state index contributed by atoms with van der Waals surface area (Å²) in [5.41, 5.74) is 2.92. The quantitative estimate of drug-likeness (QED) is 0.718. The van der Waals surface area contributed by atoms with E-state index in [2.05, 4.69) is 11.9 Å². The fourth-order valence-electron chi connectivity index (χ4n) is 2.24. The number of fused-ring (bicyclic) bond motifs is 1. The molecule has 0 amide bonds. The molecule has 0 saturated carbocycles. The minimum Gasteiger partial charge on any atom is -0.497 e. The number of nitrogens with zero attached hydrogens (tertiary/aromatic N) is 2. The zero-order chi connectivity index (χ0) is 14.7. The van der Waals surface area contributed by atoms with Gasteiger partial charge in [0.2, 0.25) is 0 Å². The first-order valence-corrected chi connectivity index (χ1v) is 7.08. The third-order valence-electron chi connectivity index (χ3n) is 3.29. The van der Waals surface area contributed by atoms with Gasteiger partial charge in [-0.25, -0.2) is 4.98 Å². The van der Waals surface area contributed by atoms with Crippen molar-refractivity contribution in [1.82, 2.24) is 9.71 Å². The van der Waals surface area contributed by atoms with Crippen molar-refractivity contribution < 1.29 is 9.57 Å². The topological polar surface area (TPSA) is 36.3 Å². The lowest BCUT2D eigenvalue weighted by Gasteiger charge is -2.10. The number of imidazole rings is 1. The van der Waals surface area contributed by atoms with E-state index in [1.807, 2.05) is 53.3 Å². The number of ether oxygens (including phenoxy) is 1. The van der Waals surface area contributed by atoms with E-state index in [1.54, 1.807) is 7.11 Å². The van der Waals surface area contributed by atoms with E-state index in [1.165, 1.54) is 0 Å². The Kier molecular flexibility index (Phi) is 3.77. The number of para-hydroxylation sites is 2. The van der Waals surface area contributed by atoms with Crippen LogP contribution in [0.3, 0.4) is 0 Å². The first kappa shape index (κ1) is 13.5. The smallest absolute Gasteiger partial charge is 0.176 e. The van der Waals surface area contributed by atoms with Gasteiger partial charge in [0.25, 0.3) is 0 Å². The first-order chi connectivity index (χ1) is 10.3. The first-order valence-electron chi connectivity index (χ1n) is 7.08. The van der Waals surface area contributed by atoms with Gasteiger partial charge in [0.05, 0.1) is 12.6 Å². The van der Waals surface area contributed by atoms with Crippen LogP contribution in [-0.4, -0.2) is 23.4 Å². The number of aromatic nitrogens is 2. The van der Waals surface area contributed by atoms with Crippen LogP contribution in [0, 0.1) is 0 Å². The summed E-state index contributed by atoms with van der Waals surface area (Å²) in [5.74, 6) is 1.64. The third-order valence-corrected chi connectivity index (χ3v) is 3.29. The van der Waals surface area contributed by atoms with E-state index in [4.69, 9.17) is 9.57 Å². The van der Waals surface area contributed by atoms with Crippen LogP contribution in [0.2, 0.25) is 0 Å². The molecular formula is C17H18N2O2. The van der Waals surface area contributed by atoms with Gasteiger partial charge in [0.1, 0.15) is 17.9 Å². The Morgan fingerprint density at radius 3 is 2.52 bits per heavy atom. The van der Waals surface area contributed by atoms with Gasteiger partial charge < -0.3 is 9.57 Å². The normalized spacial score (nSPS) is 10.8. The standard InChI is InChI=1S/C17H18N2O2/c1-3-12-21-19-16-7-5-4-6-15(16)18-17(19)13-8-10-14(20-2)11-9-13/h4-11H,3,12H2,1-2H3. The number of methoxy groups -OCH3 is 1.